The maximum atomic E-state index is 12.3. The van der Waals surface area contributed by atoms with Crippen molar-refractivity contribution >= 4 is 27.0 Å². The molecule has 0 aliphatic carbocycles. The van der Waals surface area contributed by atoms with Gasteiger partial charge in [0.05, 0.1) is 0 Å². The zero-order chi connectivity index (χ0) is 14.2. The predicted molar refractivity (Wildman–Crippen MR) is 75.2 cm³/mol. The summed E-state index contributed by atoms with van der Waals surface area (Å²) in [7, 11) is -3.57. The second kappa shape index (κ2) is 4.97. The van der Waals surface area contributed by atoms with E-state index in [9.17, 15) is 8.42 Å². The Morgan fingerprint density at radius 3 is 2.58 bits per heavy atom. The fourth-order valence-electron chi connectivity index (χ4n) is 1.65. The average molecular weight is 300 g/mol. The van der Waals surface area contributed by atoms with Crippen molar-refractivity contribution < 1.29 is 12.9 Å². The lowest BCUT2D eigenvalue weighted by molar-refractivity contribution is 0.383. The summed E-state index contributed by atoms with van der Waals surface area (Å²) in [5.41, 5.74) is 1.97. The number of thiophene rings is 1. The molecule has 2 rings (SSSR count). The fraction of sp³-hybridized carbons (Fsp3) is 0.417. The molecule has 0 radical (unpaired) electrons. The summed E-state index contributed by atoms with van der Waals surface area (Å²) in [5.74, 6) is 0.547. The second-order valence-electron chi connectivity index (χ2n) is 4.33. The van der Waals surface area contributed by atoms with Crippen LogP contribution in [0.1, 0.15) is 28.8 Å². The molecule has 2 aromatic heterocycles. The molecule has 0 unspecified atom stereocenters. The van der Waals surface area contributed by atoms with Crippen LogP contribution in [0.25, 0.3) is 0 Å². The number of aryl methyl sites for hydroxylation is 4. The molecule has 0 amide bonds. The SMILES string of the molecule is CCc1onc(C)c1NS(=O)(=O)c1cc(C)c(C)s1. The fourth-order valence-corrected chi connectivity index (χ4v) is 4.30. The Bertz CT molecular complexity index is 679. The van der Waals surface area contributed by atoms with E-state index >= 15 is 0 Å². The Balaban J connectivity index is 2.39. The summed E-state index contributed by atoms with van der Waals surface area (Å²) < 4.78 is 32.6. The van der Waals surface area contributed by atoms with Crippen molar-refractivity contribution in [3.8, 4) is 0 Å². The van der Waals surface area contributed by atoms with Crippen LogP contribution in [0.15, 0.2) is 14.8 Å². The van der Waals surface area contributed by atoms with Crippen molar-refractivity contribution in [1.82, 2.24) is 5.16 Å². The molecule has 0 bridgehead atoms. The molecule has 0 fully saturated rings. The van der Waals surface area contributed by atoms with E-state index in [4.69, 9.17) is 4.52 Å². The molecule has 0 saturated heterocycles. The summed E-state index contributed by atoms with van der Waals surface area (Å²) in [6.07, 6.45) is 0.585. The van der Waals surface area contributed by atoms with Crippen LogP contribution >= 0.6 is 11.3 Å². The highest BCUT2D eigenvalue weighted by Gasteiger charge is 2.22. The van der Waals surface area contributed by atoms with Gasteiger partial charge in [-0.25, -0.2) is 8.42 Å². The maximum Gasteiger partial charge on any atom is 0.271 e. The first kappa shape index (κ1) is 14.1. The largest absolute Gasteiger partial charge is 0.359 e. The Hall–Kier alpha value is -1.34. The molecule has 0 aromatic carbocycles. The van der Waals surface area contributed by atoms with Gasteiger partial charge in [-0.2, -0.15) is 0 Å². The highest BCUT2D eigenvalue weighted by Crippen LogP contribution is 2.29. The summed E-state index contributed by atoms with van der Waals surface area (Å²) in [6.45, 7) is 7.40. The first-order valence-corrected chi connectivity index (χ1v) is 8.20. The van der Waals surface area contributed by atoms with E-state index in [0.29, 0.717) is 27.8 Å². The zero-order valence-corrected chi connectivity index (χ0v) is 12.9. The lowest BCUT2D eigenvalue weighted by atomic mass is 10.3. The van der Waals surface area contributed by atoms with Crippen LogP contribution in [-0.4, -0.2) is 13.6 Å². The lowest BCUT2D eigenvalue weighted by Gasteiger charge is -2.05. The molecule has 0 saturated carbocycles. The molecule has 0 aliphatic rings. The normalized spacial score (nSPS) is 11.8. The van der Waals surface area contributed by atoms with E-state index in [-0.39, 0.29) is 0 Å². The molecule has 0 aliphatic heterocycles. The van der Waals surface area contributed by atoms with E-state index < -0.39 is 10.0 Å². The Morgan fingerprint density at radius 2 is 2.05 bits per heavy atom. The van der Waals surface area contributed by atoms with Crippen LogP contribution in [0.2, 0.25) is 0 Å². The van der Waals surface area contributed by atoms with Gasteiger partial charge >= 0.3 is 0 Å². The third-order valence-corrected chi connectivity index (χ3v) is 5.88. The van der Waals surface area contributed by atoms with Gasteiger partial charge in [-0.05, 0) is 32.4 Å². The van der Waals surface area contributed by atoms with Crippen LogP contribution in [0, 0.1) is 20.8 Å². The van der Waals surface area contributed by atoms with Crippen LogP contribution in [-0.2, 0) is 16.4 Å². The number of anilines is 1. The number of hydrogen-bond acceptors (Lipinski definition) is 5. The van der Waals surface area contributed by atoms with Gasteiger partial charge in [0.25, 0.3) is 10.0 Å². The summed E-state index contributed by atoms with van der Waals surface area (Å²) >= 11 is 1.26. The topological polar surface area (TPSA) is 72.2 Å². The Labute approximate surface area is 116 Å². The third kappa shape index (κ3) is 2.66. The average Bonchev–Trinajstić information content (AvgIpc) is 2.85. The predicted octanol–water partition coefficient (Wildman–Crippen LogP) is 3.02. The van der Waals surface area contributed by atoms with Crippen molar-refractivity contribution in [2.75, 3.05) is 4.72 Å². The van der Waals surface area contributed by atoms with Gasteiger partial charge in [0.15, 0.2) is 5.76 Å². The van der Waals surface area contributed by atoms with Crippen molar-refractivity contribution in [1.29, 1.82) is 0 Å². The van der Waals surface area contributed by atoms with Crippen molar-refractivity contribution in [2.24, 2.45) is 0 Å². The number of nitrogens with zero attached hydrogens (tertiary/aromatic N) is 1. The molecule has 7 heteroatoms. The van der Waals surface area contributed by atoms with E-state index in [1.54, 1.807) is 13.0 Å². The molecule has 19 heavy (non-hydrogen) atoms. The standard InChI is InChI=1S/C12H16N2O3S2/c1-5-10-12(8(3)13-17-10)14-19(15,16)11-6-7(2)9(4)18-11/h6,14H,5H2,1-4H3. The van der Waals surface area contributed by atoms with E-state index in [2.05, 4.69) is 9.88 Å². The van der Waals surface area contributed by atoms with Gasteiger partial charge in [0.1, 0.15) is 15.6 Å². The monoisotopic (exact) mass is 300 g/mol. The lowest BCUT2D eigenvalue weighted by Crippen LogP contribution is -2.12. The smallest absolute Gasteiger partial charge is 0.271 e. The van der Waals surface area contributed by atoms with Crippen LogP contribution in [0.3, 0.4) is 0 Å². The number of nitrogens with one attached hydrogen (secondary N) is 1. The van der Waals surface area contributed by atoms with Crippen LogP contribution < -0.4 is 4.72 Å². The zero-order valence-electron chi connectivity index (χ0n) is 11.3. The summed E-state index contributed by atoms with van der Waals surface area (Å²) in [4.78, 5) is 0.998. The molecule has 1 N–H and O–H groups in total. The van der Waals surface area contributed by atoms with Gasteiger partial charge in [0.2, 0.25) is 0 Å². The van der Waals surface area contributed by atoms with Gasteiger partial charge in [-0.15, -0.1) is 11.3 Å². The molecule has 2 aromatic rings. The molecular formula is C12H16N2O3S2. The molecule has 104 valence electrons. The summed E-state index contributed by atoms with van der Waals surface area (Å²) in [5, 5.41) is 3.79. The minimum absolute atomic E-state index is 0.310. The molecule has 0 spiro atoms. The highest BCUT2D eigenvalue weighted by molar-refractivity contribution is 7.94. The van der Waals surface area contributed by atoms with Gasteiger partial charge in [0, 0.05) is 11.3 Å². The first-order valence-electron chi connectivity index (χ1n) is 5.90. The van der Waals surface area contributed by atoms with E-state index in [1.165, 1.54) is 11.3 Å². The molecule has 5 nitrogen and oxygen atoms in total. The van der Waals surface area contributed by atoms with Crippen LogP contribution in [0.5, 0.6) is 0 Å². The molecule has 0 atom stereocenters. The van der Waals surface area contributed by atoms with Crippen molar-refractivity contribution in [2.45, 2.75) is 38.3 Å². The van der Waals surface area contributed by atoms with Gasteiger partial charge in [-0.1, -0.05) is 12.1 Å². The number of aromatic nitrogens is 1. The van der Waals surface area contributed by atoms with Crippen LogP contribution in [0.4, 0.5) is 5.69 Å². The second-order valence-corrected chi connectivity index (χ2v) is 7.50. The van der Waals surface area contributed by atoms with Gasteiger partial charge < -0.3 is 4.52 Å². The van der Waals surface area contributed by atoms with E-state index in [0.717, 1.165) is 10.4 Å². The third-order valence-electron chi connectivity index (χ3n) is 2.90. The molecule has 2 heterocycles. The van der Waals surface area contributed by atoms with Crippen molar-refractivity contribution in [3.05, 3.63) is 28.0 Å². The highest BCUT2D eigenvalue weighted by atomic mass is 32.2. The number of sulfonamides is 1. The Morgan fingerprint density at radius 1 is 1.37 bits per heavy atom. The first-order chi connectivity index (χ1) is 8.85. The number of hydrogen-bond donors (Lipinski definition) is 1. The Kier molecular flexibility index (Phi) is 3.69. The number of rotatable bonds is 4. The minimum atomic E-state index is -3.57. The summed E-state index contributed by atoms with van der Waals surface area (Å²) in [6, 6.07) is 1.68. The quantitative estimate of drug-likeness (QED) is 0.942. The molecular weight excluding hydrogens is 284 g/mol. The van der Waals surface area contributed by atoms with E-state index in [1.807, 2.05) is 20.8 Å². The maximum absolute atomic E-state index is 12.3. The van der Waals surface area contributed by atoms with Crippen molar-refractivity contribution in [3.63, 3.8) is 0 Å². The van der Waals surface area contributed by atoms with Gasteiger partial charge in [-0.3, -0.25) is 4.72 Å². The minimum Gasteiger partial charge on any atom is -0.359 e.